The van der Waals surface area contributed by atoms with Crippen LogP contribution < -0.4 is 0 Å². The van der Waals surface area contributed by atoms with Crippen LogP contribution in [0.1, 0.15) is 64.7 Å². The SMILES string of the molecule is CCC1CCCCC1(O)CCC1CCCO1. The maximum absolute atomic E-state index is 10.7. The van der Waals surface area contributed by atoms with Gasteiger partial charge in [0.05, 0.1) is 11.7 Å². The summed E-state index contributed by atoms with van der Waals surface area (Å²) >= 11 is 0. The van der Waals surface area contributed by atoms with Crippen LogP contribution >= 0.6 is 0 Å². The third kappa shape index (κ3) is 2.78. The van der Waals surface area contributed by atoms with Crippen molar-refractivity contribution >= 4 is 0 Å². The predicted octanol–water partition coefficient (Wildman–Crippen LogP) is 3.28. The molecule has 0 amide bonds. The maximum atomic E-state index is 10.7. The van der Waals surface area contributed by atoms with Crippen molar-refractivity contribution in [1.82, 2.24) is 0 Å². The summed E-state index contributed by atoms with van der Waals surface area (Å²) in [5, 5.41) is 10.7. The van der Waals surface area contributed by atoms with Gasteiger partial charge in [0, 0.05) is 6.61 Å². The molecule has 2 nitrogen and oxygen atoms in total. The minimum absolute atomic E-state index is 0.376. The molecule has 2 heteroatoms. The van der Waals surface area contributed by atoms with Crippen molar-refractivity contribution in [1.29, 1.82) is 0 Å². The Balaban J connectivity index is 1.84. The lowest BCUT2D eigenvalue weighted by Crippen LogP contribution is -2.41. The second-order valence-electron chi connectivity index (χ2n) is 5.63. The van der Waals surface area contributed by atoms with Crippen molar-refractivity contribution < 1.29 is 9.84 Å². The Morgan fingerprint density at radius 2 is 2.12 bits per heavy atom. The second kappa shape index (κ2) is 5.50. The Morgan fingerprint density at radius 1 is 1.25 bits per heavy atom. The summed E-state index contributed by atoms with van der Waals surface area (Å²) in [6.07, 6.45) is 10.7. The molecule has 1 aliphatic heterocycles. The number of hydrogen-bond donors (Lipinski definition) is 1. The van der Waals surface area contributed by atoms with Gasteiger partial charge in [-0.15, -0.1) is 0 Å². The zero-order chi connectivity index (χ0) is 11.4. The number of hydrogen-bond acceptors (Lipinski definition) is 2. The minimum atomic E-state index is -0.376. The van der Waals surface area contributed by atoms with Gasteiger partial charge < -0.3 is 9.84 Å². The molecule has 0 aromatic carbocycles. The summed E-state index contributed by atoms with van der Waals surface area (Å²) in [5.74, 6) is 0.530. The van der Waals surface area contributed by atoms with E-state index in [1.807, 2.05) is 0 Å². The summed E-state index contributed by atoms with van der Waals surface area (Å²) in [5.41, 5.74) is -0.376. The zero-order valence-corrected chi connectivity index (χ0v) is 10.6. The molecular weight excluding hydrogens is 200 g/mol. The van der Waals surface area contributed by atoms with E-state index in [2.05, 4.69) is 6.92 Å². The molecule has 0 aromatic heterocycles. The Hall–Kier alpha value is -0.0800. The van der Waals surface area contributed by atoms with E-state index in [-0.39, 0.29) is 5.60 Å². The van der Waals surface area contributed by atoms with Crippen molar-refractivity contribution in [2.24, 2.45) is 5.92 Å². The van der Waals surface area contributed by atoms with Crippen molar-refractivity contribution in [2.75, 3.05) is 6.61 Å². The highest BCUT2D eigenvalue weighted by Gasteiger charge is 2.37. The lowest BCUT2D eigenvalue weighted by atomic mass is 9.71. The largest absolute Gasteiger partial charge is 0.390 e. The average Bonchev–Trinajstić information content (AvgIpc) is 2.80. The molecule has 1 saturated carbocycles. The molecule has 2 rings (SSSR count). The number of aliphatic hydroxyl groups is 1. The molecule has 0 radical (unpaired) electrons. The average molecular weight is 226 g/mol. The normalized spacial score (nSPS) is 40.1. The van der Waals surface area contributed by atoms with Gasteiger partial charge in [0.2, 0.25) is 0 Å². The van der Waals surface area contributed by atoms with Crippen LogP contribution in [0.15, 0.2) is 0 Å². The third-order valence-corrected chi connectivity index (χ3v) is 4.59. The fourth-order valence-corrected chi connectivity index (χ4v) is 3.49. The van der Waals surface area contributed by atoms with Crippen LogP contribution in [-0.2, 0) is 4.74 Å². The molecule has 0 aromatic rings. The smallest absolute Gasteiger partial charge is 0.0676 e. The van der Waals surface area contributed by atoms with Crippen LogP contribution in [0.25, 0.3) is 0 Å². The Kier molecular flexibility index (Phi) is 4.26. The van der Waals surface area contributed by atoms with Gasteiger partial charge in [-0.3, -0.25) is 0 Å². The summed E-state index contributed by atoms with van der Waals surface area (Å²) in [7, 11) is 0. The quantitative estimate of drug-likeness (QED) is 0.797. The molecule has 16 heavy (non-hydrogen) atoms. The standard InChI is InChI=1S/C14H26O2/c1-2-12-6-3-4-9-14(12,15)10-8-13-7-5-11-16-13/h12-13,15H,2-11H2,1H3. The van der Waals surface area contributed by atoms with E-state index in [0.29, 0.717) is 12.0 Å². The summed E-state index contributed by atoms with van der Waals surface area (Å²) in [6.45, 7) is 3.15. The molecule has 1 N–H and O–H groups in total. The molecule has 2 fully saturated rings. The summed E-state index contributed by atoms with van der Waals surface area (Å²) in [6, 6.07) is 0. The molecule has 2 aliphatic rings. The van der Waals surface area contributed by atoms with Crippen molar-refractivity contribution in [2.45, 2.75) is 76.4 Å². The van der Waals surface area contributed by atoms with Gasteiger partial charge in [0.25, 0.3) is 0 Å². The van der Waals surface area contributed by atoms with E-state index >= 15 is 0 Å². The fraction of sp³-hybridized carbons (Fsp3) is 1.00. The van der Waals surface area contributed by atoms with Gasteiger partial charge in [-0.05, 0) is 44.4 Å². The third-order valence-electron chi connectivity index (χ3n) is 4.59. The van der Waals surface area contributed by atoms with Crippen LogP contribution in [0, 0.1) is 5.92 Å². The molecule has 94 valence electrons. The number of rotatable bonds is 4. The highest BCUT2D eigenvalue weighted by Crippen LogP contribution is 2.39. The Bertz CT molecular complexity index is 211. The van der Waals surface area contributed by atoms with E-state index < -0.39 is 0 Å². The Labute approximate surface area is 99.4 Å². The van der Waals surface area contributed by atoms with Gasteiger partial charge in [0.1, 0.15) is 0 Å². The van der Waals surface area contributed by atoms with Gasteiger partial charge in [-0.25, -0.2) is 0 Å². The van der Waals surface area contributed by atoms with Gasteiger partial charge in [-0.2, -0.15) is 0 Å². The predicted molar refractivity (Wildman–Crippen MR) is 65.4 cm³/mol. The Morgan fingerprint density at radius 3 is 2.81 bits per heavy atom. The summed E-state index contributed by atoms with van der Waals surface area (Å²) in [4.78, 5) is 0. The highest BCUT2D eigenvalue weighted by atomic mass is 16.5. The molecular formula is C14H26O2. The van der Waals surface area contributed by atoms with Gasteiger partial charge in [-0.1, -0.05) is 26.2 Å². The molecule has 0 bridgehead atoms. The first kappa shape index (κ1) is 12.4. The van der Waals surface area contributed by atoms with Crippen LogP contribution in [0.5, 0.6) is 0 Å². The van der Waals surface area contributed by atoms with Gasteiger partial charge in [0.15, 0.2) is 0 Å². The molecule has 3 atom stereocenters. The van der Waals surface area contributed by atoms with Crippen LogP contribution in [0.4, 0.5) is 0 Å². The molecule has 1 aliphatic carbocycles. The molecule has 1 saturated heterocycles. The first-order chi connectivity index (χ1) is 7.74. The topological polar surface area (TPSA) is 29.5 Å². The maximum Gasteiger partial charge on any atom is 0.0676 e. The van der Waals surface area contributed by atoms with Crippen molar-refractivity contribution in [3.05, 3.63) is 0 Å². The lowest BCUT2D eigenvalue weighted by molar-refractivity contribution is -0.0652. The molecule has 0 spiro atoms. The highest BCUT2D eigenvalue weighted by molar-refractivity contribution is 4.90. The van der Waals surface area contributed by atoms with Crippen molar-refractivity contribution in [3.8, 4) is 0 Å². The van der Waals surface area contributed by atoms with Crippen LogP contribution in [0.3, 0.4) is 0 Å². The van der Waals surface area contributed by atoms with E-state index in [4.69, 9.17) is 4.74 Å². The first-order valence-corrected chi connectivity index (χ1v) is 7.08. The minimum Gasteiger partial charge on any atom is -0.390 e. The van der Waals surface area contributed by atoms with Crippen LogP contribution in [0.2, 0.25) is 0 Å². The molecule has 1 heterocycles. The lowest BCUT2D eigenvalue weighted by Gasteiger charge is -2.40. The van der Waals surface area contributed by atoms with E-state index in [9.17, 15) is 5.11 Å². The summed E-state index contributed by atoms with van der Waals surface area (Å²) < 4.78 is 5.65. The van der Waals surface area contributed by atoms with E-state index in [0.717, 1.165) is 32.3 Å². The van der Waals surface area contributed by atoms with Crippen LogP contribution in [-0.4, -0.2) is 23.4 Å². The molecule has 3 unspecified atom stereocenters. The van der Waals surface area contributed by atoms with E-state index in [1.54, 1.807) is 0 Å². The van der Waals surface area contributed by atoms with Crippen molar-refractivity contribution in [3.63, 3.8) is 0 Å². The van der Waals surface area contributed by atoms with E-state index in [1.165, 1.54) is 32.1 Å². The van der Waals surface area contributed by atoms with Gasteiger partial charge >= 0.3 is 0 Å². The second-order valence-corrected chi connectivity index (χ2v) is 5.63. The monoisotopic (exact) mass is 226 g/mol. The first-order valence-electron chi connectivity index (χ1n) is 7.08. The number of ether oxygens (including phenoxy) is 1. The zero-order valence-electron chi connectivity index (χ0n) is 10.6. The fourth-order valence-electron chi connectivity index (χ4n) is 3.49.